The first-order valence-electron chi connectivity index (χ1n) is 9.07. The molecule has 0 bridgehead atoms. The lowest BCUT2D eigenvalue weighted by Crippen LogP contribution is -2.47. The number of ether oxygens (including phenoxy) is 1. The van der Waals surface area contributed by atoms with Crippen LogP contribution in [0, 0.1) is 17.3 Å². The number of esters is 1. The van der Waals surface area contributed by atoms with Crippen LogP contribution in [0.25, 0.3) is 0 Å². The number of phenols is 1. The Balaban J connectivity index is 1.71. The Morgan fingerprint density at radius 2 is 2.12 bits per heavy atom. The first kappa shape index (κ1) is 15.9. The zero-order chi connectivity index (χ0) is 17.1. The van der Waals surface area contributed by atoms with Gasteiger partial charge in [0.2, 0.25) is 0 Å². The predicted molar refractivity (Wildman–Crippen MR) is 89.7 cm³/mol. The van der Waals surface area contributed by atoms with Gasteiger partial charge < -0.3 is 14.9 Å². The Hall–Kier alpha value is -1.55. The molecule has 1 aromatic rings. The maximum atomic E-state index is 11.5. The molecular formula is C20H26O4. The van der Waals surface area contributed by atoms with Crippen LogP contribution in [0.5, 0.6) is 5.75 Å². The summed E-state index contributed by atoms with van der Waals surface area (Å²) < 4.78 is 5.63. The van der Waals surface area contributed by atoms with Gasteiger partial charge in [0.25, 0.3) is 0 Å². The van der Waals surface area contributed by atoms with E-state index in [1.165, 1.54) is 18.1 Å². The van der Waals surface area contributed by atoms with Crippen molar-refractivity contribution in [2.75, 3.05) is 0 Å². The standard InChI is InChI=1S/C20H26O4/c1-11(21)24-17-10-18(23)20(2)8-7-15-14-6-4-13(22)9-12(14)3-5-16(15)19(17)20/h4,6,9,15-19,22-23H,3,5,7-8,10H2,1-2H3. The van der Waals surface area contributed by atoms with E-state index in [2.05, 4.69) is 13.0 Å². The molecule has 2 saturated carbocycles. The SMILES string of the molecule is CC(=O)OC1CC(O)C2(C)CCC3c4ccc(O)cc4CCC3C12. The van der Waals surface area contributed by atoms with Crippen LogP contribution in [0.1, 0.15) is 56.6 Å². The third-order valence-corrected chi connectivity index (χ3v) is 6.94. The number of aryl methyl sites for hydroxylation is 1. The van der Waals surface area contributed by atoms with Gasteiger partial charge in [-0.3, -0.25) is 4.79 Å². The molecule has 4 heteroatoms. The molecule has 2 N–H and O–H groups in total. The minimum atomic E-state index is -0.394. The maximum Gasteiger partial charge on any atom is 0.302 e. The number of hydrogen-bond donors (Lipinski definition) is 2. The molecule has 0 saturated heterocycles. The molecule has 4 nitrogen and oxygen atoms in total. The van der Waals surface area contributed by atoms with Gasteiger partial charge in [-0.15, -0.1) is 0 Å². The van der Waals surface area contributed by atoms with Gasteiger partial charge >= 0.3 is 5.97 Å². The van der Waals surface area contributed by atoms with Crippen LogP contribution < -0.4 is 0 Å². The number of carbonyl (C=O) groups excluding carboxylic acids is 1. The minimum absolute atomic E-state index is 0.157. The third kappa shape index (κ3) is 2.26. The second-order valence-electron chi connectivity index (χ2n) is 8.16. The van der Waals surface area contributed by atoms with Crippen LogP contribution in [-0.4, -0.2) is 28.4 Å². The molecule has 3 aliphatic rings. The first-order chi connectivity index (χ1) is 11.4. The average molecular weight is 330 g/mol. The number of aliphatic hydroxyl groups is 1. The highest BCUT2D eigenvalue weighted by molar-refractivity contribution is 5.66. The van der Waals surface area contributed by atoms with Gasteiger partial charge in [-0.1, -0.05) is 13.0 Å². The van der Waals surface area contributed by atoms with E-state index in [0.717, 1.165) is 25.7 Å². The molecule has 1 aromatic carbocycles. The van der Waals surface area contributed by atoms with E-state index in [0.29, 0.717) is 24.0 Å². The summed E-state index contributed by atoms with van der Waals surface area (Å²) in [4.78, 5) is 11.5. The summed E-state index contributed by atoms with van der Waals surface area (Å²) in [5.41, 5.74) is 2.44. The number of fused-ring (bicyclic) bond motifs is 5. The van der Waals surface area contributed by atoms with Crippen LogP contribution in [0.2, 0.25) is 0 Å². The fourth-order valence-corrected chi connectivity index (χ4v) is 5.91. The molecule has 0 heterocycles. The van der Waals surface area contributed by atoms with E-state index >= 15 is 0 Å². The van der Waals surface area contributed by atoms with Gasteiger partial charge in [-0.2, -0.15) is 0 Å². The van der Waals surface area contributed by atoms with Crippen molar-refractivity contribution >= 4 is 5.97 Å². The lowest BCUT2D eigenvalue weighted by atomic mass is 9.55. The van der Waals surface area contributed by atoms with E-state index in [9.17, 15) is 15.0 Å². The molecule has 6 unspecified atom stereocenters. The number of rotatable bonds is 1. The Morgan fingerprint density at radius 3 is 2.88 bits per heavy atom. The molecule has 0 aromatic heterocycles. The molecule has 0 spiro atoms. The number of aliphatic hydroxyl groups excluding tert-OH is 1. The van der Waals surface area contributed by atoms with Gasteiger partial charge in [-0.25, -0.2) is 0 Å². The van der Waals surface area contributed by atoms with E-state index in [1.807, 2.05) is 6.07 Å². The highest BCUT2D eigenvalue weighted by Crippen LogP contribution is 2.61. The number of aromatic hydroxyl groups is 1. The van der Waals surface area contributed by atoms with Crippen LogP contribution in [0.4, 0.5) is 0 Å². The normalized spacial score (nSPS) is 40.4. The highest BCUT2D eigenvalue weighted by atomic mass is 16.5. The van der Waals surface area contributed by atoms with Crippen molar-refractivity contribution in [2.45, 2.75) is 64.1 Å². The summed E-state index contributed by atoms with van der Waals surface area (Å²) in [7, 11) is 0. The monoisotopic (exact) mass is 330 g/mol. The first-order valence-corrected chi connectivity index (χ1v) is 9.07. The Kier molecular flexibility index (Phi) is 3.64. The van der Waals surface area contributed by atoms with Gasteiger partial charge in [0, 0.05) is 24.7 Å². The smallest absolute Gasteiger partial charge is 0.302 e. The average Bonchev–Trinajstić information content (AvgIpc) is 2.77. The fraction of sp³-hybridized carbons (Fsp3) is 0.650. The Bertz CT molecular complexity index is 670. The number of hydrogen-bond acceptors (Lipinski definition) is 4. The lowest BCUT2D eigenvalue weighted by molar-refractivity contribution is -0.152. The Labute approximate surface area is 142 Å². The summed E-state index contributed by atoms with van der Waals surface area (Å²) in [5.74, 6) is 1.18. The summed E-state index contributed by atoms with van der Waals surface area (Å²) in [6, 6.07) is 5.74. The number of phenolic OH excluding ortho intramolecular Hbond substituents is 1. The molecule has 0 amide bonds. The van der Waals surface area contributed by atoms with Crippen molar-refractivity contribution in [3.8, 4) is 5.75 Å². The maximum absolute atomic E-state index is 11.5. The van der Waals surface area contributed by atoms with Crippen molar-refractivity contribution in [2.24, 2.45) is 17.3 Å². The van der Waals surface area contributed by atoms with Crippen molar-refractivity contribution in [3.05, 3.63) is 29.3 Å². The van der Waals surface area contributed by atoms with Crippen molar-refractivity contribution < 1.29 is 19.7 Å². The van der Waals surface area contributed by atoms with Crippen LogP contribution in [0.15, 0.2) is 18.2 Å². The van der Waals surface area contributed by atoms with Crippen molar-refractivity contribution in [3.63, 3.8) is 0 Å². The fourth-order valence-electron chi connectivity index (χ4n) is 5.91. The van der Waals surface area contributed by atoms with E-state index in [-0.39, 0.29) is 23.4 Å². The van der Waals surface area contributed by atoms with Gasteiger partial charge in [0.1, 0.15) is 11.9 Å². The molecule has 0 aliphatic heterocycles. The van der Waals surface area contributed by atoms with Crippen LogP contribution >= 0.6 is 0 Å². The van der Waals surface area contributed by atoms with E-state index in [1.54, 1.807) is 6.07 Å². The van der Waals surface area contributed by atoms with Crippen molar-refractivity contribution in [1.29, 1.82) is 0 Å². The molecular weight excluding hydrogens is 304 g/mol. The minimum Gasteiger partial charge on any atom is -0.508 e. The molecule has 0 radical (unpaired) electrons. The molecule has 6 atom stereocenters. The predicted octanol–water partition coefficient (Wildman–Crippen LogP) is 3.15. The summed E-state index contributed by atoms with van der Waals surface area (Å²) >= 11 is 0. The van der Waals surface area contributed by atoms with E-state index < -0.39 is 6.10 Å². The van der Waals surface area contributed by atoms with Gasteiger partial charge in [0.15, 0.2) is 0 Å². The largest absolute Gasteiger partial charge is 0.508 e. The molecule has 4 rings (SSSR count). The number of benzene rings is 1. The zero-order valence-electron chi connectivity index (χ0n) is 14.4. The van der Waals surface area contributed by atoms with Crippen molar-refractivity contribution in [1.82, 2.24) is 0 Å². The van der Waals surface area contributed by atoms with Gasteiger partial charge in [0.05, 0.1) is 6.10 Å². The molecule has 24 heavy (non-hydrogen) atoms. The topological polar surface area (TPSA) is 66.8 Å². The summed E-state index contributed by atoms with van der Waals surface area (Å²) in [6.07, 6.45) is 3.98. The second-order valence-corrected chi connectivity index (χ2v) is 8.16. The third-order valence-electron chi connectivity index (χ3n) is 6.94. The summed E-state index contributed by atoms with van der Waals surface area (Å²) in [5, 5.41) is 20.4. The number of carbonyl (C=O) groups is 1. The van der Waals surface area contributed by atoms with Crippen LogP contribution in [-0.2, 0) is 16.0 Å². The zero-order valence-corrected chi connectivity index (χ0v) is 14.4. The molecule has 130 valence electrons. The lowest BCUT2D eigenvalue weighted by Gasteiger charge is -2.50. The van der Waals surface area contributed by atoms with E-state index in [4.69, 9.17) is 4.74 Å². The Morgan fingerprint density at radius 1 is 1.33 bits per heavy atom. The van der Waals surface area contributed by atoms with Gasteiger partial charge in [-0.05, 0) is 60.8 Å². The molecule has 2 fully saturated rings. The molecule has 3 aliphatic carbocycles. The summed E-state index contributed by atoms with van der Waals surface area (Å²) in [6.45, 7) is 3.63. The second kappa shape index (κ2) is 5.48. The van der Waals surface area contributed by atoms with Crippen LogP contribution in [0.3, 0.4) is 0 Å². The highest BCUT2D eigenvalue weighted by Gasteiger charge is 2.59. The quantitative estimate of drug-likeness (QED) is 0.776.